The van der Waals surface area contributed by atoms with Crippen LogP contribution in [0.3, 0.4) is 0 Å². The number of benzene rings is 1. The summed E-state index contributed by atoms with van der Waals surface area (Å²) in [6, 6.07) is 11.5. The van der Waals surface area contributed by atoms with Crippen LogP contribution in [0, 0.1) is 6.92 Å². The minimum absolute atomic E-state index is 0.592. The summed E-state index contributed by atoms with van der Waals surface area (Å²) in [6.07, 6.45) is 2.31. The van der Waals surface area contributed by atoms with E-state index < -0.39 is 5.60 Å². The van der Waals surface area contributed by atoms with Crippen LogP contribution >= 0.6 is 0 Å². The Morgan fingerprint density at radius 1 is 1.21 bits per heavy atom. The lowest BCUT2D eigenvalue weighted by Crippen LogP contribution is -2.25. The molecule has 0 saturated heterocycles. The average Bonchev–Trinajstić information content (AvgIpc) is 2.40. The Kier molecular flexibility index (Phi) is 4.12. The Hall–Kier alpha value is -1.94. The monoisotopic (exact) mass is 257 g/mol. The minimum Gasteiger partial charge on any atom is -0.385 e. The first-order valence-electron chi connectivity index (χ1n) is 6.39. The molecule has 2 aromatic rings. The van der Waals surface area contributed by atoms with Crippen LogP contribution in [0.15, 0.2) is 42.6 Å². The minimum atomic E-state index is -0.849. The van der Waals surface area contributed by atoms with Crippen molar-refractivity contribution in [2.24, 2.45) is 0 Å². The van der Waals surface area contributed by atoms with Gasteiger partial charge in [0.1, 0.15) is 0 Å². The first-order chi connectivity index (χ1) is 9.08. The van der Waals surface area contributed by atoms with Gasteiger partial charge >= 0.3 is 0 Å². The topological polar surface area (TPSA) is 58.0 Å². The fraction of sp³-hybridized carbons (Fsp3) is 0.333. The van der Waals surface area contributed by atoms with E-state index in [0.29, 0.717) is 18.9 Å². The number of hydrogen-bond acceptors (Lipinski definition) is 4. The molecule has 0 aliphatic rings. The van der Waals surface area contributed by atoms with Gasteiger partial charge in [0, 0.05) is 18.4 Å². The number of aromatic nitrogens is 2. The molecule has 0 fully saturated rings. The van der Waals surface area contributed by atoms with Gasteiger partial charge in [-0.25, -0.2) is 9.97 Å². The molecule has 1 atom stereocenters. The number of nitrogens with zero attached hydrogens (tertiary/aromatic N) is 2. The first-order valence-corrected chi connectivity index (χ1v) is 6.39. The van der Waals surface area contributed by atoms with Gasteiger partial charge in [-0.05, 0) is 31.9 Å². The van der Waals surface area contributed by atoms with E-state index in [0.717, 1.165) is 11.3 Å². The molecule has 0 saturated carbocycles. The van der Waals surface area contributed by atoms with Crippen molar-refractivity contribution in [2.45, 2.75) is 25.9 Å². The van der Waals surface area contributed by atoms with Crippen molar-refractivity contribution >= 4 is 5.95 Å². The second-order valence-electron chi connectivity index (χ2n) is 4.84. The van der Waals surface area contributed by atoms with Gasteiger partial charge in [-0.1, -0.05) is 30.3 Å². The van der Waals surface area contributed by atoms with E-state index in [4.69, 9.17) is 0 Å². The van der Waals surface area contributed by atoms with Gasteiger partial charge in [0.25, 0.3) is 0 Å². The summed E-state index contributed by atoms with van der Waals surface area (Å²) in [5, 5.41) is 13.6. The lowest BCUT2D eigenvalue weighted by Gasteiger charge is -2.23. The zero-order chi connectivity index (χ0) is 13.7. The fourth-order valence-corrected chi connectivity index (χ4v) is 1.89. The average molecular weight is 257 g/mol. The molecule has 19 heavy (non-hydrogen) atoms. The molecule has 1 heterocycles. The van der Waals surface area contributed by atoms with Gasteiger partial charge in [0.15, 0.2) is 0 Å². The molecular formula is C15H19N3O. The summed E-state index contributed by atoms with van der Waals surface area (Å²) in [7, 11) is 0. The molecule has 0 bridgehead atoms. The van der Waals surface area contributed by atoms with Gasteiger partial charge < -0.3 is 10.4 Å². The third-order valence-electron chi connectivity index (χ3n) is 3.09. The van der Waals surface area contributed by atoms with Crippen LogP contribution in [-0.2, 0) is 5.60 Å². The molecule has 1 unspecified atom stereocenters. The number of aliphatic hydroxyl groups is 1. The maximum Gasteiger partial charge on any atom is 0.222 e. The van der Waals surface area contributed by atoms with Crippen molar-refractivity contribution in [3.8, 4) is 0 Å². The van der Waals surface area contributed by atoms with Crippen molar-refractivity contribution in [3.63, 3.8) is 0 Å². The Bertz CT molecular complexity index is 526. The molecule has 0 radical (unpaired) electrons. The van der Waals surface area contributed by atoms with E-state index in [-0.39, 0.29) is 0 Å². The second kappa shape index (κ2) is 5.80. The highest BCUT2D eigenvalue weighted by atomic mass is 16.3. The highest BCUT2D eigenvalue weighted by Crippen LogP contribution is 2.23. The molecule has 100 valence electrons. The molecule has 0 aliphatic carbocycles. The Labute approximate surface area is 113 Å². The van der Waals surface area contributed by atoms with Crippen molar-refractivity contribution in [3.05, 3.63) is 53.9 Å². The normalized spacial score (nSPS) is 13.8. The summed E-state index contributed by atoms with van der Waals surface area (Å²) < 4.78 is 0. The Morgan fingerprint density at radius 2 is 1.95 bits per heavy atom. The van der Waals surface area contributed by atoms with E-state index in [9.17, 15) is 5.11 Å². The molecule has 0 aliphatic heterocycles. The van der Waals surface area contributed by atoms with Crippen LogP contribution in [0.2, 0.25) is 0 Å². The van der Waals surface area contributed by atoms with E-state index in [1.54, 1.807) is 6.20 Å². The van der Waals surface area contributed by atoms with E-state index in [1.807, 2.05) is 50.2 Å². The zero-order valence-corrected chi connectivity index (χ0v) is 11.3. The summed E-state index contributed by atoms with van der Waals surface area (Å²) >= 11 is 0. The van der Waals surface area contributed by atoms with Crippen LogP contribution in [-0.4, -0.2) is 21.6 Å². The predicted molar refractivity (Wildman–Crippen MR) is 75.9 cm³/mol. The zero-order valence-electron chi connectivity index (χ0n) is 11.3. The van der Waals surface area contributed by atoms with E-state index in [2.05, 4.69) is 15.3 Å². The second-order valence-corrected chi connectivity index (χ2v) is 4.84. The van der Waals surface area contributed by atoms with Crippen molar-refractivity contribution in [1.82, 2.24) is 9.97 Å². The quantitative estimate of drug-likeness (QED) is 0.864. The summed E-state index contributed by atoms with van der Waals surface area (Å²) in [4.78, 5) is 8.39. The highest BCUT2D eigenvalue weighted by molar-refractivity contribution is 5.26. The van der Waals surface area contributed by atoms with Gasteiger partial charge in [0.05, 0.1) is 5.60 Å². The van der Waals surface area contributed by atoms with Crippen LogP contribution in [0.25, 0.3) is 0 Å². The lowest BCUT2D eigenvalue weighted by molar-refractivity contribution is 0.0515. The standard InChI is InChI=1S/C15H19N3O/c1-12-8-10-16-14(18-12)17-11-9-15(2,19)13-6-4-3-5-7-13/h3-8,10,19H,9,11H2,1-2H3,(H,16,17,18). The van der Waals surface area contributed by atoms with Gasteiger partial charge in [-0.2, -0.15) is 0 Å². The van der Waals surface area contributed by atoms with Gasteiger partial charge in [-0.15, -0.1) is 0 Å². The molecular weight excluding hydrogens is 238 g/mol. The Morgan fingerprint density at radius 3 is 2.63 bits per heavy atom. The molecule has 4 heteroatoms. The molecule has 0 spiro atoms. The predicted octanol–water partition coefficient (Wildman–Crippen LogP) is 2.49. The summed E-state index contributed by atoms with van der Waals surface area (Å²) in [5.41, 5.74) is 0.993. The number of nitrogens with one attached hydrogen (secondary N) is 1. The summed E-state index contributed by atoms with van der Waals surface area (Å²) in [6.45, 7) is 4.36. The molecule has 2 N–H and O–H groups in total. The number of hydrogen-bond donors (Lipinski definition) is 2. The summed E-state index contributed by atoms with van der Waals surface area (Å²) in [5.74, 6) is 0.601. The molecule has 0 amide bonds. The third-order valence-corrected chi connectivity index (χ3v) is 3.09. The van der Waals surface area contributed by atoms with E-state index in [1.165, 1.54) is 0 Å². The van der Waals surface area contributed by atoms with E-state index >= 15 is 0 Å². The fourth-order valence-electron chi connectivity index (χ4n) is 1.89. The SMILES string of the molecule is Cc1ccnc(NCCC(C)(O)c2ccccc2)n1. The molecule has 1 aromatic heterocycles. The smallest absolute Gasteiger partial charge is 0.222 e. The number of anilines is 1. The van der Waals surface area contributed by atoms with Gasteiger partial charge in [-0.3, -0.25) is 0 Å². The highest BCUT2D eigenvalue weighted by Gasteiger charge is 2.22. The van der Waals surface area contributed by atoms with Crippen LogP contribution in [0.5, 0.6) is 0 Å². The lowest BCUT2D eigenvalue weighted by atomic mass is 9.93. The maximum atomic E-state index is 10.4. The number of aryl methyl sites for hydroxylation is 1. The molecule has 1 aromatic carbocycles. The third kappa shape index (κ3) is 3.76. The van der Waals surface area contributed by atoms with Gasteiger partial charge in [0.2, 0.25) is 5.95 Å². The Balaban J connectivity index is 1.92. The van der Waals surface area contributed by atoms with Crippen molar-refractivity contribution in [2.75, 3.05) is 11.9 Å². The van der Waals surface area contributed by atoms with Crippen LogP contribution in [0.4, 0.5) is 5.95 Å². The van der Waals surface area contributed by atoms with Crippen molar-refractivity contribution < 1.29 is 5.11 Å². The number of rotatable bonds is 5. The largest absolute Gasteiger partial charge is 0.385 e. The van der Waals surface area contributed by atoms with Crippen molar-refractivity contribution in [1.29, 1.82) is 0 Å². The first kappa shape index (κ1) is 13.5. The maximum absolute atomic E-state index is 10.4. The molecule has 2 rings (SSSR count). The van der Waals surface area contributed by atoms with Crippen LogP contribution in [0.1, 0.15) is 24.6 Å². The molecule has 4 nitrogen and oxygen atoms in total. The van der Waals surface area contributed by atoms with Crippen LogP contribution < -0.4 is 5.32 Å².